The molecule has 2 rings (SSSR count). The smallest absolute Gasteiger partial charge is 0.114 e. The van der Waals surface area contributed by atoms with E-state index >= 15 is 0 Å². The third-order valence-electron chi connectivity index (χ3n) is 2.88. The van der Waals surface area contributed by atoms with Crippen LogP contribution in [-0.2, 0) is 9.47 Å². The summed E-state index contributed by atoms with van der Waals surface area (Å²) in [5, 5.41) is 0.517. The zero-order valence-electron chi connectivity index (χ0n) is 10.3. The van der Waals surface area contributed by atoms with E-state index in [9.17, 15) is 0 Å². The molecule has 0 radical (unpaired) electrons. The minimum atomic E-state index is 0.251. The van der Waals surface area contributed by atoms with Crippen molar-refractivity contribution in [2.45, 2.75) is 24.2 Å². The fourth-order valence-electron chi connectivity index (χ4n) is 1.84. The molecule has 0 fully saturated rings. The van der Waals surface area contributed by atoms with Crippen LogP contribution in [0, 0.1) is 0 Å². The standard InChI is InChI=1S/C14H18O2S/c1-15-11-3-7-13(8-4-11)17-14-9-5-12(16-2)6-10-14/h3-5,7,9-10,12-13H,6,8H2,1-2H3. The molecule has 0 bridgehead atoms. The van der Waals surface area contributed by atoms with Crippen LogP contribution >= 0.6 is 11.8 Å². The van der Waals surface area contributed by atoms with E-state index in [0.29, 0.717) is 5.25 Å². The van der Waals surface area contributed by atoms with Gasteiger partial charge in [-0.25, -0.2) is 0 Å². The van der Waals surface area contributed by atoms with Crippen molar-refractivity contribution in [1.82, 2.24) is 0 Å². The van der Waals surface area contributed by atoms with Gasteiger partial charge in [0.25, 0.3) is 0 Å². The lowest BCUT2D eigenvalue weighted by molar-refractivity contribution is 0.142. The molecule has 0 spiro atoms. The Morgan fingerprint density at radius 2 is 2.00 bits per heavy atom. The van der Waals surface area contributed by atoms with Crippen molar-refractivity contribution in [2.75, 3.05) is 14.2 Å². The van der Waals surface area contributed by atoms with Crippen molar-refractivity contribution in [3.05, 3.63) is 47.1 Å². The molecule has 0 aliphatic heterocycles. The van der Waals surface area contributed by atoms with Crippen LogP contribution < -0.4 is 0 Å². The van der Waals surface area contributed by atoms with Crippen LogP contribution in [0.2, 0.25) is 0 Å². The summed E-state index contributed by atoms with van der Waals surface area (Å²) in [6.45, 7) is 0. The Morgan fingerprint density at radius 1 is 1.12 bits per heavy atom. The normalized spacial score (nSPS) is 27.6. The number of rotatable bonds is 4. The highest BCUT2D eigenvalue weighted by atomic mass is 32.2. The Labute approximate surface area is 107 Å². The third kappa shape index (κ3) is 3.51. The maximum absolute atomic E-state index is 5.28. The van der Waals surface area contributed by atoms with Gasteiger partial charge < -0.3 is 9.47 Å². The SMILES string of the molecule is COC1=CCC(SC2=CCC(OC)C=C2)C=C1. The monoisotopic (exact) mass is 250 g/mol. The molecule has 2 nitrogen and oxygen atoms in total. The number of hydrogen-bond acceptors (Lipinski definition) is 3. The lowest BCUT2D eigenvalue weighted by Gasteiger charge is -2.19. The van der Waals surface area contributed by atoms with Gasteiger partial charge in [-0.1, -0.05) is 24.3 Å². The molecule has 3 heteroatoms. The lowest BCUT2D eigenvalue weighted by Crippen LogP contribution is -2.09. The molecule has 0 amide bonds. The molecule has 17 heavy (non-hydrogen) atoms. The van der Waals surface area contributed by atoms with Crippen LogP contribution in [0.4, 0.5) is 0 Å². The highest BCUT2D eigenvalue weighted by Crippen LogP contribution is 2.31. The zero-order valence-corrected chi connectivity index (χ0v) is 11.1. The average molecular weight is 250 g/mol. The van der Waals surface area contributed by atoms with Gasteiger partial charge >= 0.3 is 0 Å². The van der Waals surface area contributed by atoms with Crippen molar-refractivity contribution in [3.63, 3.8) is 0 Å². The number of ether oxygens (including phenoxy) is 2. The van der Waals surface area contributed by atoms with Crippen molar-refractivity contribution >= 4 is 11.8 Å². The van der Waals surface area contributed by atoms with E-state index in [-0.39, 0.29) is 6.10 Å². The van der Waals surface area contributed by atoms with Gasteiger partial charge in [-0.05, 0) is 25.0 Å². The van der Waals surface area contributed by atoms with Crippen molar-refractivity contribution in [1.29, 1.82) is 0 Å². The second-order valence-electron chi connectivity index (χ2n) is 4.04. The van der Waals surface area contributed by atoms with E-state index < -0.39 is 0 Å². The molecular weight excluding hydrogens is 232 g/mol. The van der Waals surface area contributed by atoms with Crippen LogP contribution in [0.3, 0.4) is 0 Å². The molecule has 0 aromatic heterocycles. The topological polar surface area (TPSA) is 18.5 Å². The highest BCUT2D eigenvalue weighted by molar-refractivity contribution is 8.04. The Hall–Kier alpha value is -0.930. The van der Waals surface area contributed by atoms with E-state index in [4.69, 9.17) is 9.47 Å². The molecule has 0 aromatic carbocycles. The molecule has 2 unspecified atom stereocenters. The van der Waals surface area contributed by atoms with Gasteiger partial charge in [0, 0.05) is 17.3 Å². The number of thioether (sulfide) groups is 1. The molecule has 0 heterocycles. The third-order valence-corrected chi connectivity index (χ3v) is 4.11. The first-order chi connectivity index (χ1) is 8.31. The van der Waals surface area contributed by atoms with Crippen LogP contribution in [-0.4, -0.2) is 25.6 Å². The minimum Gasteiger partial charge on any atom is -0.497 e. The molecule has 2 aliphatic rings. The van der Waals surface area contributed by atoms with Crippen molar-refractivity contribution in [3.8, 4) is 0 Å². The Balaban J connectivity index is 1.84. The first kappa shape index (κ1) is 12.5. The van der Waals surface area contributed by atoms with E-state index in [1.807, 2.05) is 17.8 Å². The molecular formula is C14H18O2S. The van der Waals surface area contributed by atoms with Gasteiger partial charge in [0.2, 0.25) is 0 Å². The molecule has 0 saturated carbocycles. The molecule has 2 atom stereocenters. The Morgan fingerprint density at radius 3 is 2.53 bits per heavy atom. The number of allylic oxidation sites excluding steroid dienone is 3. The summed E-state index contributed by atoms with van der Waals surface area (Å²) in [6, 6.07) is 0. The predicted molar refractivity (Wildman–Crippen MR) is 72.9 cm³/mol. The summed E-state index contributed by atoms with van der Waals surface area (Å²) in [6.07, 6.45) is 15.2. The molecule has 0 aromatic rings. The summed E-state index contributed by atoms with van der Waals surface area (Å²) in [7, 11) is 3.46. The summed E-state index contributed by atoms with van der Waals surface area (Å²) in [4.78, 5) is 1.34. The lowest BCUT2D eigenvalue weighted by atomic mass is 10.1. The molecule has 2 aliphatic carbocycles. The summed E-state index contributed by atoms with van der Waals surface area (Å²) >= 11 is 1.90. The van der Waals surface area contributed by atoms with Crippen molar-refractivity contribution in [2.24, 2.45) is 0 Å². The molecule has 0 N–H and O–H groups in total. The zero-order chi connectivity index (χ0) is 12.1. The maximum Gasteiger partial charge on any atom is 0.114 e. The predicted octanol–water partition coefficient (Wildman–Crippen LogP) is 3.44. The average Bonchev–Trinajstić information content (AvgIpc) is 2.40. The molecule has 92 valence electrons. The van der Waals surface area contributed by atoms with Crippen molar-refractivity contribution < 1.29 is 9.47 Å². The number of hydrogen-bond donors (Lipinski definition) is 0. The van der Waals surface area contributed by atoms with Crippen LogP contribution in [0.1, 0.15) is 12.8 Å². The minimum absolute atomic E-state index is 0.251. The highest BCUT2D eigenvalue weighted by Gasteiger charge is 2.13. The summed E-state index contributed by atoms with van der Waals surface area (Å²) in [5.41, 5.74) is 0. The Bertz CT molecular complexity index is 380. The van der Waals surface area contributed by atoms with Gasteiger partial charge in [-0.15, -0.1) is 11.8 Å². The quantitative estimate of drug-likeness (QED) is 0.761. The largest absolute Gasteiger partial charge is 0.497 e. The maximum atomic E-state index is 5.28. The fourth-order valence-corrected chi connectivity index (χ4v) is 2.89. The van der Waals surface area contributed by atoms with Crippen LogP contribution in [0.15, 0.2) is 47.1 Å². The second kappa shape index (κ2) is 6.12. The van der Waals surface area contributed by atoms with E-state index in [2.05, 4.69) is 30.4 Å². The van der Waals surface area contributed by atoms with Gasteiger partial charge in [0.05, 0.1) is 13.2 Å². The first-order valence-corrected chi connectivity index (χ1v) is 6.70. The van der Waals surface area contributed by atoms with Crippen LogP contribution in [0.5, 0.6) is 0 Å². The number of methoxy groups -OCH3 is 2. The Kier molecular flexibility index (Phi) is 4.51. The van der Waals surface area contributed by atoms with E-state index in [0.717, 1.165) is 18.6 Å². The van der Waals surface area contributed by atoms with Crippen LogP contribution in [0.25, 0.3) is 0 Å². The van der Waals surface area contributed by atoms with Gasteiger partial charge in [0.1, 0.15) is 5.76 Å². The summed E-state index contributed by atoms with van der Waals surface area (Å²) < 4.78 is 10.5. The first-order valence-electron chi connectivity index (χ1n) is 5.82. The van der Waals surface area contributed by atoms with E-state index in [1.165, 1.54) is 4.91 Å². The van der Waals surface area contributed by atoms with Gasteiger partial charge in [-0.2, -0.15) is 0 Å². The second-order valence-corrected chi connectivity index (χ2v) is 5.35. The summed E-state index contributed by atoms with van der Waals surface area (Å²) in [5.74, 6) is 0.967. The van der Waals surface area contributed by atoms with Gasteiger partial charge in [0.15, 0.2) is 0 Å². The fraction of sp³-hybridized carbons (Fsp3) is 0.429. The van der Waals surface area contributed by atoms with Gasteiger partial charge in [-0.3, -0.25) is 0 Å². The molecule has 0 saturated heterocycles. The van der Waals surface area contributed by atoms with E-state index in [1.54, 1.807) is 14.2 Å².